The molecule has 0 bridgehead atoms. The molecule has 2 aliphatic rings. The van der Waals surface area contributed by atoms with Gasteiger partial charge in [-0.2, -0.15) is 0 Å². The molecule has 7 rings (SSSR count). The van der Waals surface area contributed by atoms with Gasteiger partial charge in [-0.05, 0) is 85.0 Å². The molecule has 1 fully saturated rings. The minimum atomic E-state index is 0.730. The van der Waals surface area contributed by atoms with Crippen LogP contribution in [0.25, 0.3) is 29.3 Å². The van der Waals surface area contributed by atoms with Crippen molar-refractivity contribution in [2.24, 2.45) is 21.8 Å². The van der Waals surface area contributed by atoms with Crippen LogP contribution >= 0.6 is 45.3 Å². The second-order valence-corrected chi connectivity index (χ2v) is 13.5. The lowest BCUT2D eigenvalue weighted by Crippen LogP contribution is -1.85. The number of allylic oxidation sites excluding steroid dienone is 3. The third-order valence-corrected chi connectivity index (χ3v) is 11.2. The molecule has 5 aromatic rings. The summed E-state index contributed by atoms with van der Waals surface area (Å²) in [4.78, 5) is 19.5. The second kappa shape index (κ2) is 9.95. The molecule has 6 heteroatoms. The van der Waals surface area contributed by atoms with Crippen molar-refractivity contribution in [1.29, 1.82) is 0 Å². The van der Waals surface area contributed by atoms with E-state index in [1.807, 2.05) is 65.4 Å². The van der Waals surface area contributed by atoms with Crippen LogP contribution in [0.2, 0.25) is 0 Å². The number of rotatable bonds is 7. The Bertz CT molecular complexity index is 1670. The lowest BCUT2D eigenvalue weighted by atomic mass is 10.1. The van der Waals surface area contributed by atoms with Gasteiger partial charge in [0.05, 0.1) is 11.4 Å². The molecule has 2 aliphatic carbocycles. The smallest absolute Gasteiger partial charge is 0.0630 e. The van der Waals surface area contributed by atoms with Crippen LogP contribution in [-0.2, 0) is 0 Å². The second-order valence-electron chi connectivity index (χ2n) is 9.10. The zero-order valence-electron chi connectivity index (χ0n) is 19.8. The molecule has 0 saturated heterocycles. The summed E-state index contributed by atoms with van der Waals surface area (Å²) < 4.78 is 0. The number of fused-ring (bicyclic) bond motifs is 1. The van der Waals surface area contributed by atoms with Gasteiger partial charge >= 0.3 is 0 Å². The molecule has 4 aromatic heterocycles. The first-order valence-corrected chi connectivity index (χ1v) is 15.5. The Morgan fingerprint density at radius 1 is 0.568 bits per heavy atom. The molecule has 0 spiro atoms. The predicted molar refractivity (Wildman–Crippen MR) is 164 cm³/mol. The van der Waals surface area contributed by atoms with Crippen molar-refractivity contribution in [3.05, 3.63) is 113 Å². The Morgan fingerprint density at radius 2 is 1.11 bits per heavy atom. The van der Waals surface area contributed by atoms with Gasteiger partial charge in [-0.1, -0.05) is 30.4 Å². The average molecular weight is 551 g/mol. The molecule has 0 amide bonds. The number of benzene rings is 1. The fraction of sp³-hybridized carbons (Fsp3) is 0.0968. The number of hydrogen-bond donors (Lipinski definition) is 0. The van der Waals surface area contributed by atoms with Gasteiger partial charge in [0.25, 0.3) is 0 Å². The van der Waals surface area contributed by atoms with Crippen LogP contribution in [0.4, 0.5) is 5.69 Å². The zero-order chi connectivity index (χ0) is 24.6. The lowest BCUT2D eigenvalue weighted by Gasteiger charge is -1.98. The van der Waals surface area contributed by atoms with Crippen molar-refractivity contribution in [2.75, 3.05) is 0 Å². The minimum absolute atomic E-state index is 0.730. The van der Waals surface area contributed by atoms with Crippen LogP contribution < -0.4 is 0 Å². The summed E-state index contributed by atoms with van der Waals surface area (Å²) in [5.41, 5.74) is 2.08. The summed E-state index contributed by atoms with van der Waals surface area (Å²) >= 11 is 7.30. The molecule has 2 unspecified atom stereocenters. The predicted octanol–water partition coefficient (Wildman–Crippen LogP) is 10.2. The maximum atomic E-state index is 4.71. The largest absolute Gasteiger partial charge is 0.256 e. The SMILES string of the molecule is C1=CC2CC2C=C1N=Cc1ccc(-c2ccc(-c3ccc(-c4ccc(C=Nc5ccccc5)s4)s3)s2)s1. The highest BCUT2D eigenvalue weighted by Gasteiger charge is 2.34. The summed E-state index contributed by atoms with van der Waals surface area (Å²) in [6.45, 7) is 0. The van der Waals surface area contributed by atoms with Crippen molar-refractivity contribution >= 4 is 63.5 Å². The van der Waals surface area contributed by atoms with E-state index in [2.05, 4.69) is 71.8 Å². The van der Waals surface area contributed by atoms with Gasteiger partial charge in [0.2, 0.25) is 0 Å². The average Bonchev–Trinajstić information content (AvgIpc) is 3.48. The molecular weight excluding hydrogens is 529 g/mol. The third-order valence-electron chi connectivity index (χ3n) is 6.42. The minimum Gasteiger partial charge on any atom is -0.256 e. The van der Waals surface area contributed by atoms with Gasteiger partial charge in [0, 0.05) is 51.4 Å². The summed E-state index contributed by atoms with van der Waals surface area (Å²) in [5, 5.41) is 0. The summed E-state index contributed by atoms with van der Waals surface area (Å²) in [6.07, 6.45) is 12.0. The molecule has 2 atom stereocenters. The first-order chi connectivity index (χ1) is 18.3. The van der Waals surface area contributed by atoms with Gasteiger partial charge in [0.15, 0.2) is 0 Å². The highest BCUT2D eigenvalue weighted by Crippen LogP contribution is 2.45. The van der Waals surface area contributed by atoms with E-state index in [0.717, 1.165) is 28.1 Å². The van der Waals surface area contributed by atoms with Crippen LogP contribution in [0.15, 0.2) is 113 Å². The first-order valence-electron chi connectivity index (χ1n) is 12.2. The van der Waals surface area contributed by atoms with Gasteiger partial charge in [-0.15, -0.1) is 45.3 Å². The molecule has 1 saturated carbocycles. The molecule has 1 aromatic carbocycles. The summed E-state index contributed by atoms with van der Waals surface area (Å²) in [7, 11) is 0. The quantitative estimate of drug-likeness (QED) is 0.180. The topological polar surface area (TPSA) is 24.7 Å². The van der Waals surface area contributed by atoms with Crippen molar-refractivity contribution in [3.8, 4) is 29.3 Å². The van der Waals surface area contributed by atoms with Crippen LogP contribution in [0, 0.1) is 11.8 Å². The van der Waals surface area contributed by atoms with Crippen molar-refractivity contribution in [2.45, 2.75) is 6.42 Å². The number of para-hydroxylation sites is 1. The summed E-state index contributed by atoms with van der Waals surface area (Å²) in [5.74, 6) is 1.51. The Hall–Kier alpha value is -3.16. The fourth-order valence-electron chi connectivity index (χ4n) is 4.34. The van der Waals surface area contributed by atoms with Crippen LogP contribution in [-0.4, -0.2) is 12.4 Å². The molecule has 37 heavy (non-hydrogen) atoms. The lowest BCUT2D eigenvalue weighted by molar-refractivity contribution is 0.960. The number of aliphatic imine (C=N–C) groups is 2. The zero-order valence-corrected chi connectivity index (χ0v) is 23.0. The van der Waals surface area contributed by atoms with Gasteiger partial charge in [-0.3, -0.25) is 9.98 Å². The maximum absolute atomic E-state index is 4.71. The van der Waals surface area contributed by atoms with Crippen LogP contribution in [0.1, 0.15) is 16.2 Å². The normalized spacial score (nSPS) is 18.5. The number of thiophene rings is 4. The molecule has 180 valence electrons. The third kappa shape index (κ3) is 5.15. The number of hydrogen-bond acceptors (Lipinski definition) is 6. The van der Waals surface area contributed by atoms with Crippen LogP contribution in [0.5, 0.6) is 0 Å². The van der Waals surface area contributed by atoms with E-state index in [4.69, 9.17) is 4.99 Å². The summed E-state index contributed by atoms with van der Waals surface area (Å²) in [6, 6.07) is 27.8. The van der Waals surface area contributed by atoms with Gasteiger partial charge in [-0.25, -0.2) is 0 Å². The Morgan fingerprint density at radius 3 is 1.70 bits per heavy atom. The standard InChI is InChI=1S/C31H22N2S4/c1-2-4-22(5-3-1)32-18-24-8-10-26(34-24)28-12-14-30(36-28)31-15-13-29(37-31)27-11-9-25(35-27)19-33-23-7-6-20-16-21(20)17-23/h1-15,17-21H,16H2. The number of nitrogens with zero attached hydrogens (tertiary/aromatic N) is 2. The van der Waals surface area contributed by atoms with E-state index in [0.29, 0.717) is 0 Å². The van der Waals surface area contributed by atoms with Gasteiger partial charge < -0.3 is 0 Å². The van der Waals surface area contributed by atoms with E-state index >= 15 is 0 Å². The maximum Gasteiger partial charge on any atom is 0.0630 e. The van der Waals surface area contributed by atoms with E-state index in [9.17, 15) is 0 Å². The Labute approximate surface area is 232 Å². The van der Waals surface area contributed by atoms with E-state index in [1.165, 1.54) is 40.6 Å². The van der Waals surface area contributed by atoms with E-state index < -0.39 is 0 Å². The fourth-order valence-corrected chi connectivity index (χ4v) is 8.38. The van der Waals surface area contributed by atoms with E-state index in [-0.39, 0.29) is 0 Å². The molecule has 0 radical (unpaired) electrons. The van der Waals surface area contributed by atoms with Crippen molar-refractivity contribution < 1.29 is 0 Å². The van der Waals surface area contributed by atoms with E-state index in [1.54, 1.807) is 22.7 Å². The van der Waals surface area contributed by atoms with Crippen molar-refractivity contribution in [1.82, 2.24) is 0 Å². The molecular formula is C31H22N2S4. The molecule has 0 aliphatic heterocycles. The Kier molecular flexibility index (Phi) is 6.18. The Balaban J connectivity index is 1.04. The molecule has 0 N–H and O–H groups in total. The monoisotopic (exact) mass is 550 g/mol. The van der Waals surface area contributed by atoms with Crippen molar-refractivity contribution in [3.63, 3.8) is 0 Å². The molecule has 2 nitrogen and oxygen atoms in total. The van der Waals surface area contributed by atoms with Gasteiger partial charge in [0.1, 0.15) is 0 Å². The van der Waals surface area contributed by atoms with Crippen LogP contribution in [0.3, 0.4) is 0 Å². The molecule has 4 heterocycles. The first kappa shape index (κ1) is 23.0. The highest BCUT2D eigenvalue weighted by atomic mass is 32.1. The highest BCUT2D eigenvalue weighted by molar-refractivity contribution is 7.28.